The largest absolute Gasteiger partial charge is 0.299 e. The first-order valence-electron chi connectivity index (χ1n) is 7.63. The zero-order chi connectivity index (χ0) is 12.3. The summed E-state index contributed by atoms with van der Waals surface area (Å²) >= 11 is 0. The van der Waals surface area contributed by atoms with Crippen LogP contribution in [0.25, 0.3) is 0 Å². The molecule has 0 aromatic heterocycles. The van der Waals surface area contributed by atoms with Gasteiger partial charge in [-0.15, -0.1) is 0 Å². The van der Waals surface area contributed by atoms with E-state index in [0.29, 0.717) is 5.41 Å². The molecule has 1 aromatic carbocycles. The van der Waals surface area contributed by atoms with Gasteiger partial charge in [-0.25, -0.2) is 0 Å². The lowest BCUT2D eigenvalue weighted by Gasteiger charge is -2.28. The molecule has 0 bridgehead atoms. The van der Waals surface area contributed by atoms with E-state index >= 15 is 0 Å². The third-order valence-electron chi connectivity index (χ3n) is 4.93. The Kier molecular flexibility index (Phi) is 3.69. The summed E-state index contributed by atoms with van der Waals surface area (Å²) < 4.78 is 0. The van der Waals surface area contributed by atoms with Crippen LogP contribution >= 0.6 is 0 Å². The molecule has 1 spiro atoms. The Balaban J connectivity index is 1.60. The van der Waals surface area contributed by atoms with Gasteiger partial charge in [-0.3, -0.25) is 4.90 Å². The third kappa shape index (κ3) is 2.77. The molecule has 1 aliphatic carbocycles. The van der Waals surface area contributed by atoms with Gasteiger partial charge in [0.05, 0.1) is 0 Å². The summed E-state index contributed by atoms with van der Waals surface area (Å²) in [4.78, 5) is 2.68. The highest BCUT2D eigenvalue weighted by Gasteiger charge is 2.37. The van der Waals surface area contributed by atoms with Crippen LogP contribution in [-0.4, -0.2) is 18.0 Å². The number of hydrogen-bond donors (Lipinski definition) is 0. The SMILES string of the molecule is c1ccc(CN2CCC3(CCCCCC3)C2)cc1. The zero-order valence-electron chi connectivity index (χ0n) is 11.4. The Labute approximate surface area is 111 Å². The Morgan fingerprint density at radius 1 is 0.889 bits per heavy atom. The van der Waals surface area contributed by atoms with Crippen molar-refractivity contribution in [1.82, 2.24) is 4.90 Å². The lowest BCUT2D eigenvalue weighted by Crippen LogP contribution is -2.26. The molecule has 0 radical (unpaired) electrons. The van der Waals surface area contributed by atoms with Crippen LogP contribution in [0.3, 0.4) is 0 Å². The summed E-state index contributed by atoms with van der Waals surface area (Å²) in [5.41, 5.74) is 2.16. The number of likely N-dealkylation sites (tertiary alicyclic amines) is 1. The van der Waals surface area contributed by atoms with Crippen molar-refractivity contribution in [2.24, 2.45) is 5.41 Å². The van der Waals surface area contributed by atoms with Crippen molar-refractivity contribution in [2.75, 3.05) is 13.1 Å². The Hall–Kier alpha value is -0.820. The number of rotatable bonds is 2. The minimum absolute atomic E-state index is 0.686. The van der Waals surface area contributed by atoms with Gasteiger partial charge in [0.25, 0.3) is 0 Å². The molecule has 1 saturated heterocycles. The molecule has 1 aliphatic heterocycles. The monoisotopic (exact) mass is 243 g/mol. The van der Waals surface area contributed by atoms with E-state index in [4.69, 9.17) is 0 Å². The second kappa shape index (κ2) is 5.44. The molecule has 0 atom stereocenters. The molecule has 1 aromatic rings. The van der Waals surface area contributed by atoms with Gasteiger partial charge in [-0.2, -0.15) is 0 Å². The van der Waals surface area contributed by atoms with E-state index in [-0.39, 0.29) is 0 Å². The summed E-state index contributed by atoms with van der Waals surface area (Å²) in [6.07, 6.45) is 10.3. The molecule has 98 valence electrons. The van der Waals surface area contributed by atoms with E-state index in [0.717, 1.165) is 6.54 Å². The average molecular weight is 243 g/mol. The lowest BCUT2D eigenvalue weighted by atomic mass is 9.80. The molecule has 0 unspecified atom stereocenters. The molecular formula is C17H25N. The summed E-state index contributed by atoms with van der Waals surface area (Å²) in [6, 6.07) is 11.0. The van der Waals surface area contributed by atoms with Crippen molar-refractivity contribution in [3.8, 4) is 0 Å². The maximum absolute atomic E-state index is 2.68. The van der Waals surface area contributed by atoms with E-state index in [1.807, 2.05) is 0 Å². The van der Waals surface area contributed by atoms with Crippen molar-refractivity contribution in [2.45, 2.75) is 51.5 Å². The zero-order valence-corrected chi connectivity index (χ0v) is 11.4. The van der Waals surface area contributed by atoms with Gasteiger partial charge in [0.15, 0.2) is 0 Å². The molecule has 1 heteroatoms. The molecule has 1 heterocycles. The van der Waals surface area contributed by atoms with Crippen molar-refractivity contribution >= 4 is 0 Å². The van der Waals surface area contributed by atoms with Crippen LogP contribution < -0.4 is 0 Å². The minimum Gasteiger partial charge on any atom is -0.299 e. The second-order valence-corrected chi connectivity index (χ2v) is 6.36. The maximum atomic E-state index is 2.68. The van der Waals surface area contributed by atoms with Gasteiger partial charge in [-0.05, 0) is 36.8 Å². The molecule has 3 rings (SSSR count). The van der Waals surface area contributed by atoms with Gasteiger partial charge < -0.3 is 0 Å². The highest BCUT2D eigenvalue weighted by atomic mass is 15.2. The molecule has 18 heavy (non-hydrogen) atoms. The Morgan fingerprint density at radius 3 is 2.33 bits per heavy atom. The van der Waals surface area contributed by atoms with Gasteiger partial charge in [0.1, 0.15) is 0 Å². The third-order valence-corrected chi connectivity index (χ3v) is 4.93. The minimum atomic E-state index is 0.686. The molecule has 1 nitrogen and oxygen atoms in total. The number of hydrogen-bond acceptors (Lipinski definition) is 1. The van der Waals surface area contributed by atoms with Crippen molar-refractivity contribution in [1.29, 1.82) is 0 Å². The molecule has 2 fully saturated rings. The highest BCUT2D eigenvalue weighted by molar-refractivity contribution is 5.14. The van der Waals surface area contributed by atoms with Gasteiger partial charge in [0, 0.05) is 13.1 Å². The molecule has 1 saturated carbocycles. The fourth-order valence-corrected chi connectivity index (χ4v) is 3.89. The molecule has 0 N–H and O–H groups in total. The van der Waals surface area contributed by atoms with E-state index in [9.17, 15) is 0 Å². The molecule has 2 aliphatic rings. The number of benzene rings is 1. The fourth-order valence-electron chi connectivity index (χ4n) is 3.89. The normalized spacial score (nSPS) is 24.2. The highest BCUT2D eigenvalue weighted by Crippen LogP contribution is 2.42. The van der Waals surface area contributed by atoms with E-state index in [1.165, 1.54) is 63.6 Å². The maximum Gasteiger partial charge on any atom is 0.0233 e. The Morgan fingerprint density at radius 2 is 1.61 bits per heavy atom. The number of nitrogens with zero attached hydrogens (tertiary/aromatic N) is 1. The van der Waals surface area contributed by atoms with Crippen LogP contribution in [0.4, 0.5) is 0 Å². The lowest BCUT2D eigenvalue weighted by molar-refractivity contribution is 0.224. The van der Waals surface area contributed by atoms with Crippen LogP contribution in [0.15, 0.2) is 30.3 Å². The molecule has 0 amide bonds. The predicted molar refractivity (Wildman–Crippen MR) is 76.5 cm³/mol. The van der Waals surface area contributed by atoms with E-state index in [1.54, 1.807) is 0 Å². The van der Waals surface area contributed by atoms with E-state index < -0.39 is 0 Å². The van der Waals surface area contributed by atoms with E-state index in [2.05, 4.69) is 35.2 Å². The summed E-state index contributed by atoms with van der Waals surface area (Å²) in [7, 11) is 0. The Bertz CT molecular complexity index is 362. The van der Waals surface area contributed by atoms with Crippen LogP contribution in [0.1, 0.15) is 50.5 Å². The van der Waals surface area contributed by atoms with Gasteiger partial charge in [0.2, 0.25) is 0 Å². The summed E-state index contributed by atoms with van der Waals surface area (Å²) in [5, 5.41) is 0. The van der Waals surface area contributed by atoms with Gasteiger partial charge >= 0.3 is 0 Å². The topological polar surface area (TPSA) is 3.24 Å². The molecular weight excluding hydrogens is 218 g/mol. The van der Waals surface area contributed by atoms with Crippen LogP contribution in [0.2, 0.25) is 0 Å². The van der Waals surface area contributed by atoms with Gasteiger partial charge in [-0.1, -0.05) is 56.0 Å². The smallest absolute Gasteiger partial charge is 0.0233 e. The second-order valence-electron chi connectivity index (χ2n) is 6.36. The van der Waals surface area contributed by atoms with Crippen molar-refractivity contribution in [3.63, 3.8) is 0 Å². The fraction of sp³-hybridized carbons (Fsp3) is 0.647. The van der Waals surface area contributed by atoms with Crippen LogP contribution in [-0.2, 0) is 6.54 Å². The quantitative estimate of drug-likeness (QED) is 0.751. The standard InChI is InChI=1S/C17H25N/c1-2-7-11-17(10-6-1)12-13-18(15-17)14-16-8-4-3-5-9-16/h3-5,8-9H,1-2,6-7,10-15H2. The summed E-state index contributed by atoms with van der Waals surface area (Å²) in [5.74, 6) is 0. The first kappa shape index (κ1) is 12.2. The average Bonchev–Trinajstić information content (AvgIpc) is 2.64. The van der Waals surface area contributed by atoms with Crippen molar-refractivity contribution in [3.05, 3.63) is 35.9 Å². The summed E-state index contributed by atoms with van der Waals surface area (Å²) in [6.45, 7) is 3.82. The van der Waals surface area contributed by atoms with Crippen LogP contribution in [0.5, 0.6) is 0 Å². The predicted octanol–water partition coefficient (Wildman–Crippen LogP) is 4.23. The van der Waals surface area contributed by atoms with Crippen LogP contribution in [0, 0.1) is 5.41 Å². The van der Waals surface area contributed by atoms with Crippen molar-refractivity contribution < 1.29 is 0 Å². The first-order chi connectivity index (χ1) is 8.86. The first-order valence-corrected chi connectivity index (χ1v) is 7.63.